The highest BCUT2D eigenvalue weighted by atomic mass is 35.5. The summed E-state index contributed by atoms with van der Waals surface area (Å²) in [6, 6.07) is 0. The molecule has 54 valence electrons. The molecule has 0 radical (unpaired) electrons. The summed E-state index contributed by atoms with van der Waals surface area (Å²) < 4.78 is 4.39. The van der Waals surface area contributed by atoms with Crippen molar-refractivity contribution in [3.8, 4) is 0 Å². The third kappa shape index (κ3) is 8.27. The molecule has 0 N–H and O–H groups in total. The van der Waals surface area contributed by atoms with Crippen molar-refractivity contribution in [1.29, 1.82) is 0 Å². The second-order valence-corrected chi connectivity index (χ2v) is 3.79. The normalized spacial score (nSPS) is 11.6. The van der Waals surface area contributed by atoms with Crippen LogP contribution in [0.1, 0.15) is 20.8 Å². The van der Waals surface area contributed by atoms with Crippen molar-refractivity contribution in [1.82, 2.24) is 0 Å². The molecule has 0 aliphatic carbocycles. The fraction of sp³-hybridized carbons (Fsp3) is 0.800. The van der Waals surface area contributed by atoms with Gasteiger partial charge in [0.2, 0.25) is 0 Å². The number of hydrogen-bond donors (Lipinski definition) is 0. The Morgan fingerprint density at radius 2 is 2.00 bits per heavy atom. The largest absolute Gasteiger partial charge is 0.306 e. The lowest BCUT2D eigenvalue weighted by Gasteiger charge is -2.15. The summed E-state index contributed by atoms with van der Waals surface area (Å²) in [5, 5.41) is 0. The number of carbonyl (C=O) groups is 1. The number of rotatable bonds is 1. The van der Waals surface area contributed by atoms with Gasteiger partial charge in [0.25, 0.3) is 0 Å². The molecule has 0 unspecified atom stereocenters. The van der Waals surface area contributed by atoms with Gasteiger partial charge in [-0.1, -0.05) is 0 Å². The summed E-state index contributed by atoms with van der Waals surface area (Å²) in [7, 11) is 0. The van der Waals surface area contributed by atoms with E-state index >= 15 is 0 Å². The van der Waals surface area contributed by atoms with E-state index in [4.69, 9.17) is 15.8 Å². The minimum atomic E-state index is -0.537. The van der Waals surface area contributed by atoms with Crippen LogP contribution in [0.15, 0.2) is 0 Å². The van der Waals surface area contributed by atoms with Gasteiger partial charge in [0.1, 0.15) is 0 Å². The molecule has 0 aromatic carbocycles. The molecule has 9 heavy (non-hydrogen) atoms. The van der Waals surface area contributed by atoms with Gasteiger partial charge in [0, 0.05) is 0 Å². The second kappa shape index (κ2) is 3.44. The smallest absolute Gasteiger partial charge is 0.301 e. The molecule has 0 saturated heterocycles. The third-order valence-electron chi connectivity index (χ3n) is 0.357. The predicted octanol–water partition coefficient (Wildman–Crippen LogP) is 2.81. The number of hydrogen-bond acceptors (Lipinski definition) is 3. The molecule has 0 bridgehead atoms. The lowest BCUT2D eigenvalue weighted by molar-refractivity contribution is 0.165. The first-order chi connectivity index (χ1) is 3.92. The summed E-state index contributed by atoms with van der Waals surface area (Å²) in [6.45, 7) is 5.54. The van der Waals surface area contributed by atoms with E-state index in [-0.39, 0.29) is 5.60 Å². The summed E-state index contributed by atoms with van der Waals surface area (Å²) in [6.07, 6.45) is 0. The predicted molar refractivity (Wildman–Crippen MR) is 39.7 cm³/mol. The highest BCUT2D eigenvalue weighted by Gasteiger charge is 2.12. The number of carbonyl (C=O) groups excluding carboxylic acids is 1. The fourth-order valence-corrected chi connectivity index (χ4v) is 0.568. The molecule has 0 aromatic rings. The molecule has 0 rings (SSSR count). The van der Waals surface area contributed by atoms with Gasteiger partial charge in [-0.05, 0) is 32.4 Å². The topological polar surface area (TPSA) is 26.3 Å². The first-order valence-electron chi connectivity index (χ1n) is 2.47. The van der Waals surface area contributed by atoms with Gasteiger partial charge in [-0.3, -0.25) is 4.79 Å². The van der Waals surface area contributed by atoms with Gasteiger partial charge in [-0.25, -0.2) is 0 Å². The standard InChI is InChI=1S/C5H9ClO2S/c1-5(2,3)8-9-4(6)7/h1-3H3. The van der Waals surface area contributed by atoms with E-state index in [9.17, 15) is 4.79 Å². The van der Waals surface area contributed by atoms with Crippen LogP contribution in [0.3, 0.4) is 0 Å². The first kappa shape index (κ1) is 9.27. The molecule has 0 spiro atoms. The Balaban J connectivity index is 3.39. The van der Waals surface area contributed by atoms with E-state index in [2.05, 4.69) is 0 Å². The molecule has 0 aromatic heterocycles. The Morgan fingerprint density at radius 3 is 2.11 bits per heavy atom. The van der Waals surface area contributed by atoms with Crippen LogP contribution in [-0.2, 0) is 4.18 Å². The van der Waals surface area contributed by atoms with E-state index in [1.165, 1.54) is 0 Å². The Kier molecular flexibility index (Phi) is 3.54. The third-order valence-corrected chi connectivity index (χ3v) is 1.26. The zero-order chi connectivity index (χ0) is 7.49. The van der Waals surface area contributed by atoms with Crippen LogP contribution in [0.2, 0.25) is 0 Å². The van der Waals surface area contributed by atoms with Crippen LogP contribution in [-0.4, -0.2) is 10.2 Å². The van der Waals surface area contributed by atoms with E-state index in [1.807, 2.05) is 20.8 Å². The van der Waals surface area contributed by atoms with Crippen molar-refractivity contribution in [3.63, 3.8) is 0 Å². The van der Waals surface area contributed by atoms with Crippen molar-refractivity contribution < 1.29 is 8.98 Å². The maximum atomic E-state index is 10.1. The lowest BCUT2D eigenvalue weighted by atomic mass is 10.2. The van der Waals surface area contributed by atoms with Crippen LogP contribution < -0.4 is 0 Å². The zero-order valence-corrected chi connectivity index (χ0v) is 7.18. The molecule has 2 nitrogen and oxygen atoms in total. The molecular weight excluding hydrogens is 160 g/mol. The molecular formula is C5H9ClO2S. The highest BCUT2D eigenvalue weighted by molar-refractivity contribution is 8.12. The van der Waals surface area contributed by atoms with E-state index in [0.717, 1.165) is 0 Å². The van der Waals surface area contributed by atoms with Crippen LogP contribution in [0, 0.1) is 0 Å². The molecule has 4 heteroatoms. The monoisotopic (exact) mass is 168 g/mol. The van der Waals surface area contributed by atoms with Gasteiger partial charge in [-0.2, -0.15) is 0 Å². The maximum absolute atomic E-state index is 10.1. The highest BCUT2D eigenvalue weighted by Crippen LogP contribution is 2.19. The van der Waals surface area contributed by atoms with Crippen LogP contribution in [0.4, 0.5) is 4.79 Å². The average molecular weight is 169 g/mol. The average Bonchev–Trinajstić information content (AvgIpc) is 1.59. The Labute approximate surface area is 64.1 Å². The van der Waals surface area contributed by atoms with E-state index in [0.29, 0.717) is 12.0 Å². The van der Waals surface area contributed by atoms with Crippen molar-refractivity contribution in [2.75, 3.05) is 0 Å². The molecule has 0 amide bonds. The van der Waals surface area contributed by atoms with Gasteiger partial charge < -0.3 is 4.18 Å². The van der Waals surface area contributed by atoms with Crippen LogP contribution in [0.5, 0.6) is 0 Å². The molecule has 0 heterocycles. The summed E-state index contributed by atoms with van der Waals surface area (Å²) in [4.78, 5) is 10.1. The molecule has 0 aliphatic heterocycles. The summed E-state index contributed by atoms with van der Waals surface area (Å²) in [5.74, 6) is 0. The van der Waals surface area contributed by atoms with Gasteiger partial charge in [0.15, 0.2) is 0 Å². The van der Waals surface area contributed by atoms with Crippen LogP contribution >= 0.6 is 23.6 Å². The van der Waals surface area contributed by atoms with Crippen molar-refractivity contribution >= 4 is 28.2 Å². The van der Waals surface area contributed by atoms with E-state index in [1.54, 1.807) is 0 Å². The minimum Gasteiger partial charge on any atom is -0.301 e. The molecule has 0 fully saturated rings. The molecule has 0 atom stereocenters. The van der Waals surface area contributed by atoms with Crippen molar-refractivity contribution in [2.24, 2.45) is 0 Å². The zero-order valence-electron chi connectivity index (χ0n) is 5.60. The second-order valence-electron chi connectivity index (χ2n) is 2.52. The maximum Gasteiger partial charge on any atom is 0.306 e. The first-order valence-corrected chi connectivity index (χ1v) is 3.59. The summed E-state index contributed by atoms with van der Waals surface area (Å²) >= 11 is 5.65. The summed E-state index contributed by atoms with van der Waals surface area (Å²) in [5.41, 5.74) is -0.310. The Hall–Kier alpha value is 0.270. The molecule has 0 aliphatic rings. The van der Waals surface area contributed by atoms with Crippen LogP contribution in [0.25, 0.3) is 0 Å². The van der Waals surface area contributed by atoms with Crippen molar-refractivity contribution in [3.05, 3.63) is 0 Å². The number of halogens is 1. The van der Waals surface area contributed by atoms with Gasteiger partial charge in [0.05, 0.1) is 17.6 Å². The Morgan fingerprint density at radius 1 is 1.56 bits per heavy atom. The van der Waals surface area contributed by atoms with E-state index < -0.39 is 4.57 Å². The minimum absolute atomic E-state index is 0.310. The quantitative estimate of drug-likeness (QED) is 0.445. The van der Waals surface area contributed by atoms with Crippen molar-refractivity contribution in [2.45, 2.75) is 26.4 Å². The van der Waals surface area contributed by atoms with Gasteiger partial charge in [-0.15, -0.1) is 0 Å². The SMILES string of the molecule is CC(C)(C)OSC(=O)Cl. The molecule has 0 saturated carbocycles. The fourth-order valence-electron chi connectivity index (χ4n) is 0.158. The lowest BCUT2D eigenvalue weighted by Crippen LogP contribution is -2.14. The Bertz CT molecular complexity index is 108. The van der Waals surface area contributed by atoms with Gasteiger partial charge >= 0.3 is 4.57 Å².